The number of fused-ring (bicyclic) bond motifs is 4. The number of aliphatic hydroxyl groups is 4. The summed E-state index contributed by atoms with van der Waals surface area (Å²) in [6, 6.07) is 0. The van der Waals surface area contributed by atoms with Crippen molar-refractivity contribution >= 4 is 17.5 Å². The summed E-state index contributed by atoms with van der Waals surface area (Å²) < 4.78 is 0. The van der Waals surface area contributed by atoms with Crippen molar-refractivity contribution < 1.29 is 39.9 Å². The summed E-state index contributed by atoms with van der Waals surface area (Å²) in [5.74, 6) is -3.49. The number of hydrogen-bond donors (Lipinski definition) is 5. The van der Waals surface area contributed by atoms with Gasteiger partial charge >= 0.3 is 5.97 Å². The van der Waals surface area contributed by atoms with Gasteiger partial charge in [0.1, 0.15) is 5.78 Å². The first-order chi connectivity index (χ1) is 16.9. The van der Waals surface area contributed by atoms with E-state index in [0.29, 0.717) is 30.4 Å². The van der Waals surface area contributed by atoms with Crippen molar-refractivity contribution in [3.63, 3.8) is 0 Å². The number of carbonyl (C=O) groups is 3. The van der Waals surface area contributed by atoms with E-state index < -0.39 is 63.9 Å². The van der Waals surface area contributed by atoms with Gasteiger partial charge in [0.15, 0.2) is 5.78 Å². The largest absolute Gasteiger partial charge is 0.481 e. The van der Waals surface area contributed by atoms with Crippen LogP contribution < -0.4 is 0 Å². The standard InChI is InChI=1S/C29H44O8/c1-14(25(35)36)9-15(30)12-29(6,37)20-11-17(32)23-22-16(31)10-19-26(2,3)21(34)7-8-27(19,4)24(22)18(33)13-28(20,23)5/h14-16,19-21,23,30-31,34,37H,7-13H2,1-6H3,(H,35,36)/t14?,15?,16?,19?,20?,21?,23?,27?,28?,29-/m0/s1. The number of allylic oxidation sites excluding steroid dienone is 1. The lowest BCUT2D eigenvalue weighted by Crippen LogP contribution is -2.58. The highest BCUT2D eigenvalue weighted by molar-refractivity contribution is 6.03. The van der Waals surface area contributed by atoms with Crippen molar-refractivity contribution in [2.45, 2.75) is 110 Å². The maximum absolute atomic E-state index is 14.0. The molecule has 0 aromatic heterocycles. The van der Waals surface area contributed by atoms with Gasteiger partial charge < -0.3 is 25.5 Å². The molecule has 4 aliphatic carbocycles. The third-order valence-corrected chi connectivity index (χ3v) is 10.9. The number of aliphatic hydroxyl groups excluding tert-OH is 3. The predicted molar refractivity (Wildman–Crippen MR) is 135 cm³/mol. The molecule has 9 unspecified atom stereocenters. The summed E-state index contributed by atoms with van der Waals surface area (Å²) in [5.41, 5.74) is -2.43. The first-order valence-corrected chi connectivity index (χ1v) is 13.7. The van der Waals surface area contributed by atoms with E-state index in [1.165, 1.54) is 6.92 Å². The lowest BCUT2D eigenvalue weighted by atomic mass is 9.45. The van der Waals surface area contributed by atoms with Crippen molar-refractivity contribution in [2.75, 3.05) is 0 Å². The van der Waals surface area contributed by atoms with E-state index in [0.717, 1.165) is 0 Å². The topological polar surface area (TPSA) is 152 Å². The Morgan fingerprint density at radius 3 is 2.38 bits per heavy atom. The average molecular weight is 521 g/mol. The summed E-state index contributed by atoms with van der Waals surface area (Å²) in [5, 5.41) is 53.5. The molecule has 8 nitrogen and oxygen atoms in total. The molecule has 2 saturated carbocycles. The van der Waals surface area contributed by atoms with Crippen molar-refractivity contribution in [3.05, 3.63) is 11.1 Å². The third-order valence-electron chi connectivity index (χ3n) is 10.9. The Morgan fingerprint density at radius 2 is 1.78 bits per heavy atom. The second-order valence-electron chi connectivity index (χ2n) is 13.9. The molecule has 0 saturated heterocycles. The number of ketones is 2. The Bertz CT molecular complexity index is 1030. The van der Waals surface area contributed by atoms with Gasteiger partial charge in [-0.2, -0.15) is 0 Å². The van der Waals surface area contributed by atoms with Gasteiger partial charge in [-0.3, -0.25) is 14.4 Å². The molecule has 37 heavy (non-hydrogen) atoms. The molecule has 5 N–H and O–H groups in total. The molecule has 4 aliphatic rings. The SMILES string of the molecule is CC(CC(O)C[C@](C)(O)C1CC(=O)C2C3=C(C(=O)CC21C)C1(C)CCC(O)C(C)(C)C1CC3O)C(=O)O. The predicted octanol–water partition coefficient (Wildman–Crippen LogP) is 2.65. The first-order valence-electron chi connectivity index (χ1n) is 13.7. The van der Waals surface area contributed by atoms with E-state index in [-0.39, 0.29) is 43.2 Å². The van der Waals surface area contributed by atoms with Crippen LogP contribution in [0.4, 0.5) is 0 Å². The lowest BCUT2D eigenvalue weighted by Gasteiger charge is -2.60. The average Bonchev–Trinajstić information content (AvgIpc) is 3.03. The van der Waals surface area contributed by atoms with Crippen LogP contribution in [0.3, 0.4) is 0 Å². The zero-order valence-electron chi connectivity index (χ0n) is 23.0. The fraction of sp³-hybridized carbons (Fsp3) is 0.828. The minimum absolute atomic E-state index is 0.0243. The van der Waals surface area contributed by atoms with Gasteiger partial charge in [0.05, 0.1) is 29.8 Å². The van der Waals surface area contributed by atoms with Gasteiger partial charge in [-0.1, -0.05) is 34.6 Å². The summed E-state index contributed by atoms with van der Waals surface area (Å²) in [6.45, 7) is 10.9. The molecule has 0 spiro atoms. The minimum Gasteiger partial charge on any atom is -0.481 e. The van der Waals surface area contributed by atoms with E-state index in [1.54, 1.807) is 6.92 Å². The summed E-state index contributed by atoms with van der Waals surface area (Å²) in [6.07, 6.45) is -1.15. The number of carbonyl (C=O) groups excluding carboxylic acids is 2. The number of carboxylic acid groups (broad SMARTS) is 1. The molecule has 4 rings (SSSR count). The van der Waals surface area contributed by atoms with Crippen LogP contribution in [0.2, 0.25) is 0 Å². The van der Waals surface area contributed by atoms with Gasteiger partial charge in [0.25, 0.3) is 0 Å². The lowest BCUT2D eigenvalue weighted by molar-refractivity contribution is -0.144. The van der Waals surface area contributed by atoms with Crippen LogP contribution >= 0.6 is 0 Å². The number of Topliss-reactive ketones (excluding diaryl/α,β-unsaturated/α-hetero) is 2. The first kappa shape index (κ1) is 28.4. The maximum atomic E-state index is 14.0. The van der Waals surface area contributed by atoms with Gasteiger partial charge in [-0.05, 0) is 60.3 Å². The zero-order chi connectivity index (χ0) is 27.9. The van der Waals surface area contributed by atoms with Gasteiger partial charge in [0, 0.05) is 36.7 Å². The third kappa shape index (κ3) is 4.23. The molecule has 0 heterocycles. The second kappa shape index (κ2) is 8.97. The van der Waals surface area contributed by atoms with Gasteiger partial charge in [-0.25, -0.2) is 0 Å². The molecule has 208 valence electrons. The van der Waals surface area contributed by atoms with Crippen LogP contribution in [0.25, 0.3) is 0 Å². The minimum atomic E-state index is -1.52. The monoisotopic (exact) mass is 520 g/mol. The summed E-state index contributed by atoms with van der Waals surface area (Å²) >= 11 is 0. The van der Waals surface area contributed by atoms with Crippen molar-refractivity contribution in [3.8, 4) is 0 Å². The molecule has 0 aliphatic heterocycles. The summed E-state index contributed by atoms with van der Waals surface area (Å²) in [7, 11) is 0. The molecule has 2 fully saturated rings. The van der Waals surface area contributed by atoms with E-state index in [9.17, 15) is 39.9 Å². The van der Waals surface area contributed by atoms with Crippen LogP contribution in [0.1, 0.15) is 86.5 Å². The molecule has 0 amide bonds. The molecule has 0 aromatic rings. The highest BCUT2D eigenvalue weighted by Gasteiger charge is 2.66. The van der Waals surface area contributed by atoms with E-state index in [2.05, 4.69) is 0 Å². The highest BCUT2D eigenvalue weighted by atomic mass is 16.4. The quantitative estimate of drug-likeness (QED) is 0.358. The fourth-order valence-corrected chi connectivity index (χ4v) is 9.01. The van der Waals surface area contributed by atoms with Crippen LogP contribution in [0.5, 0.6) is 0 Å². The molecule has 0 aromatic carbocycles. The van der Waals surface area contributed by atoms with Crippen molar-refractivity contribution in [2.24, 2.45) is 39.9 Å². The molecule has 10 atom stereocenters. The Balaban J connectivity index is 1.72. The Kier molecular flexibility index (Phi) is 6.88. The van der Waals surface area contributed by atoms with Crippen LogP contribution in [-0.4, -0.2) is 67.0 Å². The van der Waals surface area contributed by atoms with E-state index in [4.69, 9.17) is 0 Å². The number of aliphatic carboxylic acids is 1. The zero-order valence-corrected chi connectivity index (χ0v) is 23.0. The van der Waals surface area contributed by atoms with Gasteiger partial charge in [0.2, 0.25) is 0 Å². The van der Waals surface area contributed by atoms with E-state index >= 15 is 0 Å². The van der Waals surface area contributed by atoms with Gasteiger partial charge in [-0.15, -0.1) is 0 Å². The molecule has 8 heteroatoms. The van der Waals surface area contributed by atoms with Crippen molar-refractivity contribution in [1.82, 2.24) is 0 Å². The van der Waals surface area contributed by atoms with Crippen molar-refractivity contribution in [1.29, 1.82) is 0 Å². The number of hydrogen-bond acceptors (Lipinski definition) is 7. The Morgan fingerprint density at radius 1 is 1.16 bits per heavy atom. The van der Waals surface area contributed by atoms with Crippen LogP contribution in [0.15, 0.2) is 11.1 Å². The Labute approximate surface area is 219 Å². The fourth-order valence-electron chi connectivity index (χ4n) is 9.01. The highest BCUT2D eigenvalue weighted by Crippen LogP contribution is 2.66. The van der Waals surface area contributed by atoms with E-state index in [1.807, 2.05) is 27.7 Å². The number of carboxylic acids is 1. The number of rotatable bonds is 6. The van der Waals surface area contributed by atoms with Crippen LogP contribution in [0, 0.1) is 39.9 Å². The molecular formula is C29H44O8. The maximum Gasteiger partial charge on any atom is 0.306 e. The normalized spacial score (nSPS) is 42.4. The molecular weight excluding hydrogens is 476 g/mol. The van der Waals surface area contributed by atoms with Crippen LogP contribution in [-0.2, 0) is 14.4 Å². The molecule has 0 bridgehead atoms. The molecule has 0 radical (unpaired) electrons. The Hall–Kier alpha value is -1.61. The smallest absolute Gasteiger partial charge is 0.306 e. The summed E-state index contributed by atoms with van der Waals surface area (Å²) in [4.78, 5) is 38.8. The second-order valence-corrected chi connectivity index (χ2v) is 13.9.